The first kappa shape index (κ1) is 13.9. The van der Waals surface area contributed by atoms with Crippen LogP contribution in [0.5, 0.6) is 0 Å². The summed E-state index contributed by atoms with van der Waals surface area (Å²) in [5, 5.41) is 3.52. The standard InChI is InChI=1S/C13H28N2O/c1-4-7-14-9-13-6-8-15(10-13)12(3)11-16-5-2/h12-14H,4-11H2,1-3H3. The normalized spacial score (nSPS) is 23.8. The highest BCUT2D eigenvalue weighted by Gasteiger charge is 2.25. The van der Waals surface area contributed by atoms with Crippen LogP contribution in [0.1, 0.15) is 33.6 Å². The zero-order chi connectivity index (χ0) is 11.8. The first-order chi connectivity index (χ1) is 7.77. The Morgan fingerprint density at radius 3 is 2.94 bits per heavy atom. The van der Waals surface area contributed by atoms with Crippen LogP contribution in [0.15, 0.2) is 0 Å². The third kappa shape index (κ3) is 4.81. The Balaban J connectivity index is 2.13. The number of nitrogens with zero attached hydrogens (tertiary/aromatic N) is 1. The maximum atomic E-state index is 5.48. The highest BCUT2D eigenvalue weighted by atomic mass is 16.5. The van der Waals surface area contributed by atoms with Crippen molar-refractivity contribution in [1.29, 1.82) is 0 Å². The summed E-state index contributed by atoms with van der Waals surface area (Å²) in [5.74, 6) is 0.843. The number of ether oxygens (including phenoxy) is 1. The van der Waals surface area contributed by atoms with Gasteiger partial charge in [-0.1, -0.05) is 6.92 Å². The van der Waals surface area contributed by atoms with Gasteiger partial charge in [-0.2, -0.15) is 0 Å². The molecule has 0 aromatic heterocycles. The van der Waals surface area contributed by atoms with E-state index < -0.39 is 0 Å². The summed E-state index contributed by atoms with van der Waals surface area (Å²) < 4.78 is 5.48. The second-order valence-corrected chi connectivity index (χ2v) is 4.86. The minimum atomic E-state index is 0.580. The average Bonchev–Trinajstić information content (AvgIpc) is 2.75. The molecule has 1 saturated heterocycles. The smallest absolute Gasteiger partial charge is 0.0618 e. The minimum absolute atomic E-state index is 0.580. The molecule has 0 amide bonds. The Hall–Kier alpha value is -0.120. The van der Waals surface area contributed by atoms with Gasteiger partial charge in [-0.05, 0) is 52.2 Å². The second kappa shape index (κ2) is 8.04. The Morgan fingerprint density at radius 1 is 1.44 bits per heavy atom. The van der Waals surface area contributed by atoms with Crippen molar-refractivity contribution in [2.24, 2.45) is 5.92 Å². The Bertz CT molecular complexity index is 175. The van der Waals surface area contributed by atoms with Crippen molar-refractivity contribution in [3.05, 3.63) is 0 Å². The molecule has 1 rings (SSSR count). The molecule has 1 fully saturated rings. The zero-order valence-corrected chi connectivity index (χ0v) is 11.2. The van der Waals surface area contributed by atoms with Crippen molar-refractivity contribution in [2.45, 2.75) is 39.7 Å². The highest BCUT2D eigenvalue weighted by molar-refractivity contribution is 4.80. The lowest BCUT2D eigenvalue weighted by Crippen LogP contribution is -2.35. The predicted octanol–water partition coefficient (Wildman–Crippen LogP) is 1.73. The fourth-order valence-electron chi connectivity index (χ4n) is 2.31. The molecule has 0 radical (unpaired) electrons. The molecule has 3 nitrogen and oxygen atoms in total. The van der Waals surface area contributed by atoms with E-state index in [1.54, 1.807) is 0 Å². The maximum Gasteiger partial charge on any atom is 0.0618 e. The van der Waals surface area contributed by atoms with E-state index in [-0.39, 0.29) is 0 Å². The molecule has 96 valence electrons. The average molecular weight is 228 g/mol. The molecule has 2 atom stereocenters. The maximum absolute atomic E-state index is 5.48. The fraction of sp³-hybridized carbons (Fsp3) is 1.00. The van der Waals surface area contributed by atoms with E-state index in [0.29, 0.717) is 6.04 Å². The largest absolute Gasteiger partial charge is 0.380 e. The van der Waals surface area contributed by atoms with E-state index >= 15 is 0 Å². The molecule has 1 aliphatic rings. The van der Waals surface area contributed by atoms with Crippen LogP contribution >= 0.6 is 0 Å². The molecular formula is C13H28N2O. The van der Waals surface area contributed by atoms with E-state index in [4.69, 9.17) is 4.74 Å². The van der Waals surface area contributed by atoms with Gasteiger partial charge < -0.3 is 10.1 Å². The van der Waals surface area contributed by atoms with Gasteiger partial charge in [-0.3, -0.25) is 4.90 Å². The summed E-state index contributed by atoms with van der Waals surface area (Å²) in [6, 6.07) is 0.580. The molecule has 1 aliphatic heterocycles. The number of hydrogen-bond donors (Lipinski definition) is 1. The van der Waals surface area contributed by atoms with Crippen LogP contribution in [0.4, 0.5) is 0 Å². The van der Waals surface area contributed by atoms with Crippen molar-refractivity contribution >= 4 is 0 Å². The molecule has 2 unspecified atom stereocenters. The van der Waals surface area contributed by atoms with Crippen LogP contribution in [-0.2, 0) is 4.74 Å². The van der Waals surface area contributed by atoms with Gasteiger partial charge in [-0.15, -0.1) is 0 Å². The first-order valence-corrected chi connectivity index (χ1v) is 6.80. The lowest BCUT2D eigenvalue weighted by molar-refractivity contribution is 0.0828. The molecule has 1 N–H and O–H groups in total. The van der Waals surface area contributed by atoms with Gasteiger partial charge in [-0.25, -0.2) is 0 Å². The third-order valence-corrected chi connectivity index (χ3v) is 3.36. The fourth-order valence-corrected chi connectivity index (χ4v) is 2.31. The SMILES string of the molecule is CCCNCC1CCN(C(C)COCC)C1. The van der Waals surface area contributed by atoms with Gasteiger partial charge in [0.1, 0.15) is 0 Å². The van der Waals surface area contributed by atoms with Crippen molar-refractivity contribution in [1.82, 2.24) is 10.2 Å². The number of likely N-dealkylation sites (tertiary alicyclic amines) is 1. The summed E-state index contributed by atoms with van der Waals surface area (Å²) in [7, 11) is 0. The lowest BCUT2D eigenvalue weighted by atomic mass is 10.1. The van der Waals surface area contributed by atoms with Crippen molar-refractivity contribution < 1.29 is 4.74 Å². The Morgan fingerprint density at radius 2 is 2.25 bits per heavy atom. The van der Waals surface area contributed by atoms with Gasteiger partial charge in [0.2, 0.25) is 0 Å². The summed E-state index contributed by atoms with van der Waals surface area (Å²) in [6.45, 7) is 13.1. The Kier molecular flexibility index (Phi) is 7.01. The molecule has 0 aliphatic carbocycles. The van der Waals surface area contributed by atoms with E-state index in [1.807, 2.05) is 0 Å². The number of nitrogens with one attached hydrogen (secondary N) is 1. The van der Waals surface area contributed by atoms with Crippen molar-refractivity contribution in [3.63, 3.8) is 0 Å². The molecule has 0 bridgehead atoms. The Labute approximate surface area is 101 Å². The predicted molar refractivity (Wildman–Crippen MR) is 68.8 cm³/mol. The van der Waals surface area contributed by atoms with Crippen LogP contribution in [0, 0.1) is 5.92 Å². The minimum Gasteiger partial charge on any atom is -0.380 e. The second-order valence-electron chi connectivity index (χ2n) is 4.86. The van der Waals surface area contributed by atoms with E-state index in [2.05, 4.69) is 31.0 Å². The van der Waals surface area contributed by atoms with Crippen LogP contribution in [0.3, 0.4) is 0 Å². The van der Waals surface area contributed by atoms with E-state index in [1.165, 1.54) is 32.5 Å². The topological polar surface area (TPSA) is 24.5 Å². The lowest BCUT2D eigenvalue weighted by Gasteiger charge is -2.24. The summed E-state index contributed by atoms with van der Waals surface area (Å²) in [6.07, 6.45) is 2.57. The zero-order valence-electron chi connectivity index (χ0n) is 11.2. The van der Waals surface area contributed by atoms with Gasteiger partial charge in [0.25, 0.3) is 0 Å². The highest BCUT2D eigenvalue weighted by Crippen LogP contribution is 2.18. The van der Waals surface area contributed by atoms with Gasteiger partial charge in [0.15, 0.2) is 0 Å². The van der Waals surface area contributed by atoms with Crippen LogP contribution < -0.4 is 5.32 Å². The van der Waals surface area contributed by atoms with Crippen molar-refractivity contribution in [2.75, 3.05) is 39.4 Å². The van der Waals surface area contributed by atoms with Crippen LogP contribution in [0.25, 0.3) is 0 Å². The van der Waals surface area contributed by atoms with Crippen LogP contribution in [0.2, 0.25) is 0 Å². The van der Waals surface area contributed by atoms with E-state index in [0.717, 1.165) is 25.7 Å². The van der Waals surface area contributed by atoms with Crippen LogP contribution in [-0.4, -0.2) is 50.3 Å². The summed E-state index contributed by atoms with van der Waals surface area (Å²) in [5.41, 5.74) is 0. The molecular weight excluding hydrogens is 200 g/mol. The van der Waals surface area contributed by atoms with Gasteiger partial charge >= 0.3 is 0 Å². The van der Waals surface area contributed by atoms with E-state index in [9.17, 15) is 0 Å². The molecule has 0 aromatic rings. The first-order valence-electron chi connectivity index (χ1n) is 6.80. The summed E-state index contributed by atoms with van der Waals surface area (Å²) >= 11 is 0. The van der Waals surface area contributed by atoms with Gasteiger partial charge in [0, 0.05) is 19.2 Å². The number of rotatable bonds is 8. The molecule has 1 heterocycles. The number of hydrogen-bond acceptors (Lipinski definition) is 3. The van der Waals surface area contributed by atoms with Gasteiger partial charge in [0.05, 0.1) is 6.61 Å². The third-order valence-electron chi connectivity index (χ3n) is 3.36. The van der Waals surface area contributed by atoms with Crippen molar-refractivity contribution in [3.8, 4) is 0 Å². The molecule has 0 spiro atoms. The molecule has 0 saturated carbocycles. The summed E-state index contributed by atoms with van der Waals surface area (Å²) in [4.78, 5) is 2.56. The molecule has 16 heavy (non-hydrogen) atoms. The molecule has 3 heteroatoms. The molecule has 0 aromatic carbocycles. The monoisotopic (exact) mass is 228 g/mol. The quantitative estimate of drug-likeness (QED) is 0.640.